The van der Waals surface area contributed by atoms with Crippen LogP contribution in [0.5, 0.6) is 0 Å². The number of rotatable bonds is 12. The van der Waals surface area contributed by atoms with Crippen molar-refractivity contribution in [2.45, 2.75) is 85.6 Å². The van der Waals surface area contributed by atoms with Gasteiger partial charge in [0.1, 0.15) is 6.04 Å². The van der Waals surface area contributed by atoms with Crippen LogP contribution in [0.25, 0.3) is 0 Å². The number of ether oxygens (including phenoxy) is 1. The van der Waals surface area contributed by atoms with E-state index in [0.717, 1.165) is 25.8 Å². The third-order valence-corrected chi connectivity index (χ3v) is 3.81. The lowest BCUT2D eigenvalue weighted by atomic mass is 9.94. The molecule has 0 aliphatic rings. The van der Waals surface area contributed by atoms with Crippen LogP contribution in [0.15, 0.2) is 0 Å². The van der Waals surface area contributed by atoms with Gasteiger partial charge in [-0.2, -0.15) is 0 Å². The van der Waals surface area contributed by atoms with Crippen molar-refractivity contribution >= 4 is 17.8 Å². The van der Waals surface area contributed by atoms with Crippen LogP contribution in [-0.2, 0) is 19.1 Å². The monoisotopic (exact) mass is 356 g/mol. The minimum atomic E-state index is -0.653. The molecule has 0 saturated heterocycles. The van der Waals surface area contributed by atoms with Crippen molar-refractivity contribution in [2.75, 3.05) is 13.2 Å². The average molecular weight is 357 g/mol. The molecule has 0 aromatic carbocycles. The predicted octanol–water partition coefficient (Wildman–Crippen LogP) is 2.95. The number of hydrogen-bond acceptors (Lipinski definition) is 4. The highest BCUT2D eigenvalue weighted by Crippen LogP contribution is 2.14. The van der Waals surface area contributed by atoms with E-state index in [1.54, 1.807) is 27.7 Å². The van der Waals surface area contributed by atoms with Gasteiger partial charge in [-0.3, -0.25) is 9.59 Å². The Morgan fingerprint density at radius 2 is 1.68 bits per heavy atom. The van der Waals surface area contributed by atoms with Gasteiger partial charge in [0.25, 0.3) is 0 Å². The number of nitrogens with one attached hydrogen (secondary N) is 2. The first-order valence-electron chi connectivity index (χ1n) is 9.46. The van der Waals surface area contributed by atoms with Gasteiger partial charge in [0.15, 0.2) is 0 Å². The van der Waals surface area contributed by atoms with E-state index in [4.69, 9.17) is 4.74 Å². The Morgan fingerprint density at radius 1 is 1.00 bits per heavy atom. The lowest BCUT2D eigenvalue weighted by Gasteiger charge is -2.23. The smallest absolute Gasteiger partial charge is 0.328 e. The van der Waals surface area contributed by atoms with Crippen molar-refractivity contribution in [3.05, 3.63) is 0 Å². The van der Waals surface area contributed by atoms with Crippen LogP contribution in [0.4, 0.5) is 0 Å². The number of carbonyl (C=O) groups excluding carboxylic acids is 3. The molecule has 6 nitrogen and oxygen atoms in total. The van der Waals surface area contributed by atoms with E-state index < -0.39 is 17.4 Å². The largest absolute Gasteiger partial charge is 0.464 e. The van der Waals surface area contributed by atoms with E-state index >= 15 is 0 Å². The fraction of sp³-hybridized carbons (Fsp3) is 0.842. The van der Waals surface area contributed by atoms with Gasteiger partial charge in [0.2, 0.25) is 11.8 Å². The normalized spacial score (nSPS) is 12.4. The van der Waals surface area contributed by atoms with Crippen LogP contribution in [-0.4, -0.2) is 37.0 Å². The molecule has 0 radical (unpaired) electrons. The summed E-state index contributed by atoms with van der Waals surface area (Å²) in [5, 5.41) is 5.66. The Morgan fingerprint density at radius 3 is 2.24 bits per heavy atom. The molecular formula is C19H36N2O4. The van der Waals surface area contributed by atoms with Gasteiger partial charge < -0.3 is 15.4 Å². The molecule has 0 bridgehead atoms. The van der Waals surface area contributed by atoms with Gasteiger partial charge in [-0.15, -0.1) is 0 Å². The second-order valence-electron chi connectivity index (χ2n) is 7.33. The number of esters is 1. The van der Waals surface area contributed by atoms with Crippen LogP contribution in [0.3, 0.4) is 0 Å². The topological polar surface area (TPSA) is 84.5 Å². The molecule has 6 heteroatoms. The third-order valence-electron chi connectivity index (χ3n) is 3.81. The van der Waals surface area contributed by atoms with Crippen LogP contribution in [0.1, 0.15) is 79.6 Å². The van der Waals surface area contributed by atoms with Gasteiger partial charge >= 0.3 is 5.97 Å². The van der Waals surface area contributed by atoms with Gasteiger partial charge in [-0.1, -0.05) is 47.0 Å². The Labute approximate surface area is 152 Å². The lowest BCUT2D eigenvalue weighted by molar-refractivity contribution is -0.148. The number of unbranched alkanes of at least 4 members (excludes halogenated alkanes) is 3. The molecule has 0 heterocycles. The predicted molar refractivity (Wildman–Crippen MR) is 99.0 cm³/mol. The van der Waals surface area contributed by atoms with Gasteiger partial charge in [0, 0.05) is 18.4 Å². The Balaban J connectivity index is 4.24. The average Bonchev–Trinajstić information content (AvgIpc) is 2.53. The van der Waals surface area contributed by atoms with E-state index in [1.807, 2.05) is 0 Å². The first kappa shape index (κ1) is 23.4. The van der Waals surface area contributed by atoms with E-state index in [0.29, 0.717) is 25.7 Å². The van der Waals surface area contributed by atoms with E-state index in [2.05, 4.69) is 17.6 Å². The summed E-state index contributed by atoms with van der Waals surface area (Å²) >= 11 is 0. The summed E-state index contributed by atoms with van der Waals surface area (Å²) < 4.78 is 5.04. The Bertz CT molecular complexity index is 416. The van der Waals surface area contributed by atoms with Crippen LogP contribution < -0.4 is 10.6 Å². The molecule has 0 aliphatic carbocycles. The van der Waals surface area contributed by atoms with Gasteiger partial charge in [0.05, 0.1) is 6.61 Å². The minimum absolute atomic E-state index is 0.0440. The number of amides is 2. The second kappa shape index (κ2) is 12.7. The standard InChI is InChI=1S/C19H36N2O4/c1-6-8-11-14-20-16(22)13-10-9-12-15(17(23)25-7-2)21-18(24)19(3,4)5/h15H,6-14H2,1-5H3,(H,20,22)(H,21,24)/t15-/m0/s1. The SMILES string of the molecule is CCCCCNC(=O)CCCC[C@H](NC(=O)C(C)(C)C)C(=O)OCC. The summed E-state index contributed by atoms with van der Waals surface area (Å²) in [7, 11) is 0. The van der Waals surface area contributed by atoms with E-state index in [-0.39, 0.29) is 18.4 Å². The van der Waals surface area contributed by atoms with Crippen LogP contribution in [0.2, 0.25) is 0 Å². The molecule has 0 rings (SSSR count). The summed E-state index contributed by atoms with van der Waals surface area (Å²) in [6.45, 7) is 10.3. The first-order chi connectivity index (χ1) is 11.7. The zero-order valence-electron chi connectivity index (χ0n) is 16.6. The van der Waals surface area contributed by atoms with Crippen molar-refractivity contribution < 1.29 is 19.1 Å². The van der Waals surface area contributed by atoms with Gasteiger partial charge in [-0.05, 0) is 26.2 Å². The highest BCUT2D eigenvalue weighted by Gasteiger charge is 2.28. The summed E-state index contributed by atoms with van der Waals surface area (Å²) in [6.07, 6.45) is 5.53. The van der Waals surface area contributed by atoms with Crippen molar-refractivity contribution in [3.8, 4) is 0 Å². The first-order valence-corrected chi connectivity index (χ1v) is 9.46. The van der Waals surface area contributed by atoms with Gasteiger partial charge in [-0.25, -0.2) is 4.79 Å². The van der Waals surface area contributed by atoms with Crippen LogP contribution >= 0.6 is 0 Å². The van der Waals surface area contributed by atoms with Crippen molar-refractivity contribution in [3.63, 3.8) is 0 Å². The lowest BCUT2D eigenvalue weighted by Crippen LogP contribution is -2.46. The zero-order valence-corrected chi connectivity index (χ0v) is 16.6. The van der Waals surface area contributed by atoms with Crippen molar-refractivity contribution in [2.24, 2.45) is 5.41 Å². The Hall–Kier alpha value is -1.59. The molecule has 1 atom stereocenters. The maximum atomic E-state index is 12.1. The van der Waals surface area contributed by atoms with Crippen LogP contribution in [0, 0.1) is 5.41 Å². The molecule has 0 fully saturated rings. The molecule has 146 valence electrons. The zero-order chi connectivity index (χ0) is 19.3. The van der Waals surface area contributed by atoms with Crippen molar-refractivity contribution in [1.82, 2.24) is 10.6 Å². The molecule has 0 aromatic rings. The van der Waals surface area contributed by atoms with Crippen molar-refractivity contribution in [1.29, 1.82) is 0 Å². The molecule has 0 saturated carbocycles. The summed E-state index contributed by atoms with van der Waals surface area (Å²) in [6, 6.07) is -0.653. The minimum Gasteiger partial charge on any atom is -0.464 e. The fourth-order valence-corrected chi connectivity index (χ4v) is 2.19. The molecule has 0 aliphatic heterocycles. The number of hydrogen-bond donors (Lipinski definition) is 2. The fourth-order valence-electron chi connectivity index (χ4n) is 2.19. The third kappa shape index (κ3) is 11.6. The molecule has 25 heavy (non-hydrogen) atoms. The highest BCUT2D eigenvalue weighted by molar-refractivity contribution is 5.87. The molecule has 2 amide bonds. The second-order valence-corrected chi connectivity index (χ2v) is 7.33. The quantitative estimate of drug-likeness (QED) is 0.416. The van der Waals surface area contributed by atoms with E-state index in [1.165, 1.54) is 0 Å². The molecule has 0 spiro atoms. The molecule has 0 aromatic heterocycles. The van der Waals surface area contributed by atoms with E-state index in [9.17, 15) is 14.4 Å². The summed E-state index contributed by atoms with van der Waals surface area (Å²) in [4.78, 5) is 35.9. The Kier molecular flexibility index (Phi) is 11.9. The summed E-state index contributed by atoms with van der Waals surface area (Å²) in [5.41, 5.74) is -0.566. The molecule has 2 N–H and O–H groups in total. The maximum absolute atomic E-state index is 12.1. The molecular weight excluding hydrogens is 320 g/mol. The highest BCUT2D eigenvalue weighted by atomic mass is 16.5. The summed E-state index contributed by atoms with van der Waals surface area (Å²) in [5.74, 6) is -0.550. The number of carbonyl (C=O) groups is 3. The maximum Gasteiger partial charge on any atom is 0.328 e. The molecule has 0 unspecified atom stereocenters.